The van der Waals surface area contributed by atoms with Gasteiger partial charge in [0.2, 0.25) is 5.91 Å². The highest BCUT2D eigenvalue weighted by Gasteiger charge is 2.30. The van der Waals surface area contributed by atoms with E-state index in [9.17, 15) is 9.18 Å². The van der Waals surface area contributed by atoms with Crippen molar-refractivity contribution in [2.45, 2.75) is 32.4 Å². The van der Waals surface area contributed by atoms with Gasteiger partial charge in [-0.3, -0.25) is 14.2 Å². The van der Waals surface area contributed by atoms with E-state index in [1.807, 2.05) is 28.9 Å². The van der Waals surface area contributed by atoms with E-state index < -0.39 is 0 Å². The molecular formula is C22H25FN6O2. The molecule has 8 nitrogen and oxygen atoms in total. The fraction of sp³-hybridized carbons (Fsp3) is 0.409. The number of rotatable bonds is 4. The monoisotopic (exact) mass is 424 g/mol. The van der Waals surface area contributed by atoms with Crippen molar-refractivity contribution in [3.8, 4) is 11.1 Å². The SMILES string of the molecule is CC(=O)N1CCc2c(c(Nc3cc(F)cc(-c4cnn(C)c4)c3)nn2C2CCOC2)C1. The highest BCUT2D eigenvalue weighted by Crippen LogP contribution is 2.33. The van der Waals surface area contributed by atoms with Crippen LogP contribution in [0.15, 0.2) is 30.6 Å². The van der Waals surface area contributed by atoms with Crippen molar-refractivity contribution >= 4 is 17.4 Å². The van der Waals surface area contributed by atoms with Crippen molar-refractivity contribution in [2.75, 3.05) is 25.1 Å². The summed E-state index contributed by atoms with van der Waals surface area (Å²) in [5.41, 5.74) is 4.29. The smallest absolute Gasteiger partial charge is 0.219 e. The molecule has 1 unspecified atom stereocenters. The molecule has 0 aliphatic carbocycles. The van der Waals surface area contributed by atoms with Crippen LogP contribution in [0.4, 0.5) is 15.9 Å². The average Bonchev–Trinajstić information content (AvgIpc) is 3.47. The minimum Gasteiger partial charge on any atom is -0.379 e. The van der Waals surface area contributed by atoms with E-state index in [4.69, 9.17) is 9.84 Å². The summed E-state index contributed by atoms with van der Waals surface area (Å²) in [5.74, 6) is 0.362. The van der Waals surface area contributed by atoms with E-state index in [-0.39, 0.29) is 17.8 Å². The maximum absolute atomic E-state index is 14.4. The molecule has 1 fully saturated rings. The number of aryl methyl sites for hydroxylation is 1. The van der Waals surface area contributed by atoms with Crippen molar-refractivity contribution in [1.82, 2.24) is 24.5 Å². The molecule has 0 saturated carbocycles. The molecule has 1 saturated heterocycles. The molecule has 4 heterocycles. The van der Waals surface area contributed by atoms with Crippen LogP contribution < -0.4 is 5.32 Å². The lowest BCUT2D eigenvalue weighted by atomic mass is 10.1. The van der Waals surface area contributed by atoms with Gasteiger partial charge >= 0.3 is 0 Å². The summed E-state index contributed by atoms with van der Waals surface area (Å²) >= 11 is 0. The zero-order chi connectivity index (χ0) is 21.5. The van der Waals surface area contributed by atoms with Crippen molar-refractivity contribution in [2.24, 2.45) is 7.05 Å². The van der Waals surface area contributed by atoms with Gasteiger partial charge in [0, 0.05) is 62.2 Å². The summed E-state index contributed by atoms with van der Waals surface area (Å²) in [6.07, 6.45) is 5.21. The van der Waals surface area contributed by atoms with Crippen LogP contribution in [-0.4, -0.2) is 50.1 Å². The van der Waals surface area contributed by atoms with Crippen molar-refractivity contribution in [1.29, 1.82) is 0 Å². The van der Waals surface area contributed by atoms with Crippen LogP contribution >= 0.6 is 0 Å². The first-order chi connectivity index (χ1) is 15.0. The number of carbonyl (C=O) groups is 1. The van der Waals surface area contributed by atoms with Crippen LogP contribution in [0, 0.1) is 5.82 Å². The molecule has 162 valence electrons. The summed E-state index contributed by atoms with van der Waals surface area (Å²) in [7, 11) is 1.83. The number of amides is 1. The molecule has 1 aromatic carbocycles. The predicted molar refractivity (Wildman–Crippen MR) is 113 cm³/mol. The highest BCUT2D eigenvalue weighted by molar-refractivity contribution is 5.75. The van der Waals surface area contributed by atoms with Crippen LogP contribution in [0.25, 0.3) is 11.1 Å². The Bertz CT molecular complexity index is 1130. The Kier molecular flexibility index (Phi) is 4.97. The second-order valence-corrected chi connectivity index (χ2v) is 8.18. The summed E-state index contributed by atoms with van der Waals surface area (Å²) < 4.78 is 23.7. The van der Waals surface area contributed by atoms with Crippen molar-refractivity contribution in [3.05, 3.63) is 47.7 Å². The number of nitrogens with one attached hydrogen (secondary N) is 1. The lowest BCUT2D eigenvalue weighted by molar-refractivity contribution is -0.129. The third-order valence-electron chi connectivity index (χ3n) is 5.98. The molecule has 1 N–H and O–H groups in total. The summed E-state index contributed by atoms with van der Waals surface area (Å²) in [6.45, 7) is 4.10. The van der Waals surface area contributed by atoms with Gasteiger partial charge in [-0.05, 0) is 30.2 Å². The minimum absolute atomic E-state index is 0.0400. The van der Waals surface area contributed by atoms with E-state index in [1.165, 1.54) is 12.1 Å². The predicted octanol–water partition coefficient (Wildman–Crippen LogP) is 3.03. The first-order valence-corrected chi connectivity index (χ1v) is 10.5. The molecule has 31 heavy (non-hydrogen) atoms. The second-order valence-electron chi connectivity index (χ2n) is 8.18. The molecular weight excluding hydrogens is 399 g/mol. The number of fused-ring (bicyclic) bond motifs is 1. The normalized spacial score (nSPS) is 18.3. The van der Waals surface area contributed by atoms with E-state index in [2.05, 4.69) is 10.4 Å². The van der Waals surface area contributed by atoms with E-state index in [0.29, 0.717) is 31.2 Å². The lowest BCUT2D eigenvalue weighted by Crippen LogP contribution is -2.35. The fourth-order valence-electron chi connectivity index (χ4n) is 4.37. The van der Waals surface area contributed by atoms with Gasteiger partial charge < -0.3 is 15.0 Å². The largest absolute Gasteiger partial charge is 0.379 e. The van der Waals surface area contributed by atoms with Gasteiger partial charge in [-0.15, -0.1) is 0 Å². The second kappa shape index (κ2) is 7.81. The summed E-state index contributed by atoms with van der Waals surface area (Å²) in [5, 5.41) is 12.3. The first-order valence-electron chi connectivity index (χ1n) is 10.5. The molecule has 1 amide bonds. The number of hydrogen-bond acceptors (Lipinski definition) is 5. The average molecular weight is 424 g/mol. The van der Waals surface area contributed by atoms with Crippen LogP contribution in [0.2, 0.25) is 0 Å². The summed E-state index contributed by atoms with van der Waals surface area (Å²) in [4.78, 5) is 13.8. The summed E-state index contributed by atoms with van der Waals surface area (Å²) in [6, 6.07) is 5.01. The molecule has 0 radical (unpaired) electrons. The van der Waals surface area contributed by atoms with Gasteiger partial charge in [-0.2, -0.15) is 10.2 Å². The van der Waals surface area contributed by atoms with E-state index in [0.717, 1.165) is 41.8 Å². The maximum atomic E-state index is 14.4. The van der Waals surface area contributed by atoms with Crippen molar-refractivity contribution < 1.29 is 13.9 Å². The van der Waals surface area contributed by atoms with Crippen molar-refractivity contribution in [3.63, 3.8) is 0 Å². The number of aromatic nitrogens is 4. The molecule has 2 aromatic heterocycles. The zero-order valence-corrected chi connectivity index (χ0v) is 17.6. The fourth-order valence-corrected chi connectivity index (χ4v) is 4.37. The number of halogens is 1. The Morgan fingerprint density at radius 2 is 2.16 bits per heavy atom. The highest BCUT2D eigenvalue weighted by atomic mass is 19.1. The molecule has 2 aliphatic heterocycles. The molecule has 1 atom stereocenters. The Labute approximate surface area is 179 Å². The topological polar surface area (TPSA) is 77.2 Å². The Morgan fingerprint density at radius 1 is 1.29 bits per heavy atom. The van der Waals surface area contributed by atoms with Gasteiger partial charge in [0.05, 0.1) is 25.4 Å². The van der Waals surface area contributed by atoms with E-state index >= 15 is 0 Å². The van der Waals surface area contributed by atoms with Gasteiger partial charge in [0.1, 0.15) is 5.82 Å². The molecule has 5 rings (SSSR count). The van der Waals surface area contributed by atoms with Gasteiger partial charge in [-0.25, -0.2) is 4.39 Å². The Morgan fingerprint density at radius 3 is 2.87 bits per heavy atom. The number of ether oxygens (including phenoxy) is 1. The van der Waals surface area contributed by atoms with Gasteiger partial charge in [0.25, 0.3) is 0 Å². The number of nitrogens with zero attached hydrogens (tertiary/aromatic N) is 5. The molecule has 2 aliphatic rings. The number of carbonyl (C=O) groups excluding carboxylic acids is 1. The van der Waals surface area contributed by atoms with E-state index in [1.54, 1.807) is 17.8 Å². The number of anilines is 2. The quantitative estimate of drug-likeness (QED) is 0.697. The zero-order valence-electron chi connectivity index (χ0n) is 17.6. The standard InChI is InChI=1S/C22H25FN6O2/c1-14(30)28-5-3-21-20(12-28)22(26-29(21)19-4-6-31-13-19)25-18-8-15(7-17(23)9-18)16-10-24-27(2)11-16/h7-11,19H,3-6,12-13H2,1-2H3,(H,25,26). The maximum Gasteiger partial charge on any atom is 0.219 e. The lowest BCUT2D eigenvalue weighted by Gasteiger charge is -2.27. The van der Waals surface area contributed by atoms with Gasteiger partial charge in [0.15, 0.2) is 5.82 Å². The minimum atomic E-state index is -0.341. The third kappa shape index (κ3) is 3.81. The number of benzene rings is 1. The molecule has 3 aromatic rings. The Balaban J connectivity index is 1.52. The van der Waals surface area contributed by atoms with Crippen LogP contribution in [0.5, 0.6) is 0 Å². The van der Waals surface area contributed by atoms with Gasteiger partial charge in [-0.1, -0.05) is 0 Å². The van der Waals surface area contributed by atoms with Crippen LogP contribution in [0.1, 0.15) is 30.6 Å². The molecule has 9 heteroatoms. The van der Waals surface area contributed by atoms with Crippen LogP contribution in [-0.2, 0) is 29.5 Å². The number of hydrogen-bond donors (Lipinski definition) is 1. The Hall–Kier alpha value is -3.20. The molecule has 0 spiro atoms. The molecule has 0 bridgehead atoms. The van der Waals surface area contributed by atoms with Crippen LogP contribution in [0.3, 0.4) is 0 Å². The first kappa shape index (κ1) is 19.7. The third-order valence-corrected chi connectivity index (χ3v) is 5.98.